The van der Waals surface area contributed by atoms with Gasteiger partial charge in [0.2, 0.25) is 0 Å². The highest BCUT2D eigenvalue weighted by Crippen LogP contribution is 2.41. The predicted octanol–water partition coefficient (Wildman–Crippen LogP) is 20.1. The number of thioether (sulfide) groups is 2. The molecule has 0 bridgehead atoms. The molecule has 1 N–H and O–H groups in total. The van der Waals surface area contributed by atoms with E-state index in [1.165, 1.54) is 89.8 Å². The largest absolute Gasteiger partial charge is 0.494 e. The lowest BCUT2D eigenvalue weighted by molar-refractivity contribution is 0.00578. The number of aromatic nitrogens is 4. The van der Waals surface area contributed by atoms with Gasteiger partial charge in [0.05, 0.1) is 49.6 Å². The summed E-state index contributed by atoms with van der Waals surface area (Å²) < 4.78 is 18.7. The number of nitrogens with zero attached hydrogens (tertiary/aromatic N) is 4. The first-order chi connectivity index (χ1) is 55.6. The van der Waals surface area contributed by atoms with Gasteiger partial charge in [0.15, 0.2) is 26.5 Å². The van der Waals surface area contributed by atoms with Crippen LogP contribution in [-0.4, -0.2) is 58.6 Å². The maximum atomic E-state index is 6.43. The molecule has 7 nitrogen and oxygen atoms in total. The summed E-state index contributed by atoms with van der Waals surface area (Å²) in [6, 6.07) is 128. The van der Waals surface area contributed by atoms with Gasteiger partial charge in [-0.25, -0.2) is 9.97 Å². The minimum atomic E-state index is -2.60. The molecule has 0 amide bonds. The minimum Gasteiger partial charge on any atom is -0.399 e. The van der Waals surface area contributed by atoms with Crippen LogP contribution in [0.2, 0.25) is 10.0 Å². The summed E-state index contributed by atoms with van der Waals surface area (Å²) in [6.07, 6.45) is 0.825. The second kappa shape index (κ2) is 34.7. The van der Waals surface area contributed by atoms with Crippen molar-refractivity contribution in [1.29, 1.82) is 0 Å². The second-order valence-electron chi connectivity index (χ2n) is 29.4. The third-order valence-electron chi connectivity index (χ3n) is 21.9. The number of rotatable bonds is 11. The van der Waals surface area contributed by atoms with Gasteiger partial charge in [-0.05, 0) is 197 Å². The number of anilines is 1. The molecule has 1 saturated heterocycles. The summed E-state index contributed by atoms with van der Waals surface area (Å²) in [4.78, 5) is 10.5. The van der Waals surface area contributed by atoms with Gasteiger partial charge in [-0.3, -0.25) is 9.13 Å². The number of halogens is 4. The molecule has 17 heteroatoms. The molecule has 4 aliphatic heterocycles. The molecule has 16 aromatic rings. The maximum absolute atomic E-state index is 6.43. The predicted molar refractivity (Wildman–Crippen MR) is 504 cm³/mol. The van der Waals surface area contributed by atoms with Gasteiger partial charge in [0, 0.05) is 42.6 Å². The van der Waals surface area contributed by atoms with Crippen LogP contribution >= 0.6 is 97.5 Å². The minimum absolute atomic E-state index is 0.375. The summed E-state index contributed by atoms with van der Waals surface area (Å²) in [5.41, 5.74) is 15.8. The Kier molecular flexibility index (Phi) is 24.0. The van der Waals surface area contributed by atoms with E-state index in [9.17, 15) is 0 Å². The summed E-state index contributed by atoms with van der Waals surface area (Å²) in [5.74, 6) is 1.94. The van der Waals surface area contributed by atoms with Gasteiger partial charge in [-0.1, -0.05) is 366 Å². The first-order valence-corrected chi connectivity index (χ1v) is 47.3. The van der Waals surface area contributed by atoms with Crippen LogP contribution in [0.3, 0.4) is 0 Å². The number of alkyl halides is 1. The normalized spacial score (nSPS) is 14.0. The molecule has 0 saturated carbocycles. The van der Waals surface area contributed by atoms with Gasteiger partial charge in [0.1, 0.15) is 0 Å². The lowest BCUT2D eigenvalue weighted by atomic mass is 9.79. The summed E-state index contributed by atoms with van der Waals surface area (Å²) >= 11 is 26.2. The molecule has 562 valence electrons. The van der Waals surface area contributed by atoms with Crippen LogP contribution in [0.1, 0.15) is 49.9 Å². The quantitative estimate of drug-likeness (QED) is 0.0452. The van der Waals surface area contributed by atoms with Gasteiger partial charge in [0.25, 0.3) is 0 Å². The molecule has 14 aromatic carbocycles. The van der Waals surface area contributed by atoms with Crippen molar-refractivity contribution in [3.63, 3.8) is 0 Å². The van der Waals surface area contributed by atoms with E-state index in [-0.39, 0.29) is 18.3 Å². The Balaban J connectivity index is 0.000000120. The van der Waals surface area contributed by atoms with Crippen molar-refractivity contribution in [3.05, 3.63) is 394 Å². The van der Waals surface area contributed by atoms with Crippen LogP contribution in [0.25, 0.3) is 44.6 Å². The molecule has 114 heavy (non-hydrogen) atoms. The topological polar surface area (TPSA) is 66.1 Å². The van der Waals surface area contributed by atoms with Crippen molar-refractivity contribution in [3.8, 4) is 22.5 Å². The first-order valence-electron chi connectivity index (χ1n) is 38.0. The number of hydrogen-bond acceptors (Lipinski definition) is 7. The molecular weight excluding hydrogens is 1710 g/mol. The first kappa shape index (κ1) is 78.7. The highest BCUT2D eigenvalue weighted by molar-refractivity contribution is 14.1. The summed E-state index contributed by atoms with van der Waals surface area (Å²) in [6.45, 7) is 8.42. The average Bonchev–Trinajstić information content (AvgIpc) is 1.00. The standard InChI is InChI=1S/C38H28N2SSi.C30H31BO2Si.C14H9ClN2S.C8H6ClNS.C7H6BrI/c1-4-15-31(16-5-1)42(32-17-6-2-7-18-32,33-19-8-3-9-20-33)34-21-12-14-28(25-34)29-23-24-35-37(26-29)40-36-22-11-10-13-30(36)27-41-38(40)39-35;1-29(2)30(3,4)33-31(32-29)24-15-14-22-28(23-24)34(25-16-8-5-9-17-25,26-18-10-6-11-19-26)27-20-12-7-13-21-27;15-10-5-6-11-13(7-10)17-12-4-2-1-3-9(12)8-18-14(17)16-11;9-6-1-2-7-5(3-6)4-8(11)10-7;8-5-6-3-1-2-4-7(6)9/h1-26H,27H2;5-23H,1-4H3;1-7H,8H2;1-3H,4H2,(H,10,11);1-4H,5H2. The van der Waals surface area contributed by atoms with Crippen LogP contribution < -0.4 is 52.3 Å². The monoisotopic (exact) mass is 1790 g/mol. The van der Waals surface area contributed by atoms with E-state index in [0.29, 0.717) is 0 Å². The molecule has 0 unspecified atom stereocenters. The smallest absolute Gasteiger partial charge is 0.399 e. The van der Waals surface area contributed by atoms with E-state index in [4.69, 9.17) is 49.7 Å². The van der Waals surface area contributed by atoms with Crippen molar-refractivity contribution in [2.24, 2.45) is 0 Å². The zero-order chi connectivity index (χ0) is 78.4. The molecule has 0 radical (unpaired) electrons. The van der Waals surface area contributed by atoms with E-state index in [1.807, 2.05) is 54.2 Å². The number of thiocarbonyl (C=S) groups is 1. The van der Waals surface area contributed by atoms with Gasteiger partial charge in [-0.2, -0.15) is 0 Å². The third-order valence-corrected chi connectivity index (χ3v) is 35.8. The Hall–Kier alpha value is -9.18. The van der Waals surface area contributed by atoms with Crippen molar-refractivity contribution < 1.29 is 9.31 Å². The Labute approximate surface area is 716 Å². The van der Waals surface area contributed by atoms with Crippen LogP contribution in [0.15, 0.2) is 368 Å². The van der Waals surface area contributed by atoms with Crippen LogP contribution in [0.4, 0.5) is 5.69 Å². The Morgan fingerprint density at radius 1 is 0.430 bits per heavy atom. The van der Waals surface area contributed by atoms with Crippen molar-refractivity contribution >= 4 is 200 Å². The van der Waals surface area contributed by atoms with Crippen molar-refractivity contribution in [1.82, 2.24) is 19.1 Å². The Morgan fingerprint density at radius 2 is 0.825 bits per heavy atom. The average molecular weight is 1790 g/mol. The van der Waals surface area contributed by atoms with Gasteiger partial charge in [-0.15, -0.1) is 0 Å². The lowest BCUT2D eigenvalue weighted by Gasteiger charge is -2.34. The zero-order valence-electron chi connectivity index (χ0n) is 63.3. The molecular formula is C97H80BBrCl2IN5O2S3Si2. The van der Waals surface area contributed by atoms with Crippen molar-refractivity contribution in [2.75, 3.05) is 5.32 Å². The summed E-state index contributed by atoms with van der Waals surface area (Å²) in [7, 11) is -5.55. The van der Waals surface area contributed by atoms with Gasteiger partial charge < -0.3 is 14.6 Å². The van der Waals surface area contributed by atoms with E-state index in [2.05, 4.69) is 401 Å². The molecule has 0 spiro atoms. The number of nitrogens with one attached hydrogen (secondary N) is 1. The Morgan fingerprint density at radius 3 is 1.30 bits per heavy atom. The van der Waals surface area contributed by atoms with E-state index in [0.717, 1.165) is 81.8 Å². The van der Waals surface area contributed by atoms with Crippen molar-refractivity contribution in [2.45, 2.75) is 72.5 Å². The fourth-order valence-corrected chi connectivity index (χ4v) is 29.5. The van der Waals surface area contributed by atoms with Crippen LogP contribution in [0, 0.1) is 3.57 Å². The number of hydrogen-bond donors (Lipinski definition) is 1. The van der Waals surface area contributed by atoms with E-state index in [1.54, 1.807) is 11.8 Å². The van der Waals surface area contributed by atoms with Gasteiger partial charge >= 0.3 is 7.12 Å². The number of benzene rings is 14. The van der Waals surface area contributed by atoms with E-state index >= 15 is 0 Å². The Bertz CT molecular complexity index is 5910. The molecule has 6 heterocycles. The van der Waals surface area contributed by atoms with Crippen LogP contribution in [-0.2, 0) is 32.6 Å². The van der Waals surface area contributed by atoms with Crippen LogP contribution in [0.5, 0.6) is 0 Å². The fraction of sp³-hybridized carbons (Fsp3) is 0.103. The molecule has 1 fully saturated rings. The SMILES string of the molecule is BrCc1ccccc1I.CC1(C)OB(c2cccc([Si](c3ccccc3)(c3ccccc3)c3ccccc3)c2)OC1(C)C.Clc1ccc2nc3n(c2c1)-c1ccccc1CS3.S=C1Cc2cc(Cl)ccc2N1.c1ccc([Si](c2ccccc2)(c2ccccc2)c2cccc(-c3ccc4nc5n(c4c3)-c3ccccc3CS5)c2)cc1. The fourth-order valence-electron chi connectivity index (χ4n) is 15.7. The lowest BCUT2D eigenvalue weighted by Crippen LogP contribution is -2.75. The number of fused-ring (bicyclic) bond motifs is 11. The maximum Gasteiger partial charge on any atom is 0.494 e. The summed E-state index contributed by atoms with van der Waals surface area (Å²) in [5, 5.41) is 18.6. The molecule has 20 rings (SSSR count). The number of para-hydroxylation sites is 2. The third kappa shape index (κ3) is 16.0. The molecule has 0 atom stereocenters. The molecule has 0 aliphatic carbocycles. The molecule has 2 aromatic heterocycles. The number of imidazole rings is 2. The van der Waals surface area contributed by atoms with E-state index < -0.39 is 16.1 Å². The highest BCUT2D eigenvalue weighted by atomic mass is 127. The highest BCUT2D eigenvalue weighted by Gasteiger charge is 2.52. The molecule has 4 aliphatic rings. The second-order valence-corrected chi connectivity index (χ2v) is 42.0. The zero-order valence-corrected chi connectivity index (χ0v) is 73.0.